The first-order valence-electron chi connectivity index (χ1n) is 5.92. The Morgan fingerprint density at radius 2 is 1.54 bits per heavy atom. The Morgan fingerprint density at radius 1 is 0.923 bits per heavy atom. The molecule has 0 aliphatic heterocycles. The van der Waals surface area contributed by atoms with E-state index in [4.69, 9.17) is 5.73 Å². The molecule has 13 heavy (non-hydrogen) atoms. The minimum Gasteiger partial charge on any atom is -0.330 e. The smallest absolute Gasteiger partial charge is 0.00773 e. The van der Waals surface area contributed by atoms with Crippen LogP contribution in [0.4, 0.5) is 0 Å². The summed E-state index contributed by atoms with van der Waals surface area (Å²) in [6.45, 7) is 7.90. The average molecular weight is 185 g/mol. The van der Waals surface area contributed by atoms with Gasteiger partial charge in [0.05, 0.1) is 0 Å². The summed E-state index contributed by atoms with van der Waals surface area (Å²) in [7, 11) is 0. The fraction of sp³-hybridized carbons (Fsp3) is 1.00. The van der Waals surface area contributed by atoms with Crippen molar-refractivity contribution in [3.63, 3.8) is 0 Å². The second-order valence-electron chi connectivity index (χ2n) is 4.35. The van der Waals surface area contributed by atoms with Crippen molar-refractivity contribution in [1.29, 1.82) is 0 Å². The van der Waals surface area contributed by atoms with Crippen molar-refractivity contribution in [3.8, 4) is 0 Å². The van der Waals surface area contributed by atoms with Crippen LogP contribution in [0.2, 0.25) is 0 Å². The molecule has 0 aromatic heterocycles. The third-order valence-corrected chi connectivity index (χ3v) is 3.23. The summed E-state index contributed by atoms with van der Waals surface area (Å²) in [5, 5.41) is 0. The van der Waals surface area contributed by atoms with Gasteiger partial charge in [-0.2, -0.15) is 0 Å². The highest BCUT2D eigenvalue weighted by Gasteiger charge is 2.08. The third kappa shape index (κ3) is 7.06. The molecule has 80 valence electrons. The number of hydrogen-bond acceptors (Lipinski definition) is 1. The molecule has 2 N–H and O–H groups in total. The summed E-state index contributed by atoms with van der Waals surface area (Å²) >= 11 is 0. The first-order valence-corrected chi connectivity index (χ1v) is 5.92. The van der Waals surface area contributed by atoms with Crippen LogP contribution in [0.25, 0.3) is 0 Å². The molecule has 0 saturated carbocycles. The maximum absolute atomic E-state index is 5.44. The van der Waals surface area contributed by atoms with Gasteiger partial charge in [0.1, 0.15) is 0 Å². The van der Waals surface area contributed by atoms with Crippen molar-refractivity contribution in [3.05, 3.63) is 0 Å². The molecule has 0 spiro atoms. The number of rotatable bonds is 8. The van der Waals surface area contributed by atoms with E-state index in [2.05, 4.69) is 20.8 Å². The molecule has 0 aliphatic rings. The van der Waals surface area contributed by atoms with E-state index in [-0.39, 0.29) is 0 Å². The monoisotopic (exact) mass is 185 g/mol. The summed E-state index contributed by atoms with van der Waals surface area (Å²) in [4.78, 5) is 0. The Kier molecular flexibility index (Phi) is 8.53. The van der Waals surface area contributed by atoms with E-state index in [0.29, 0.717) is 0 Å². The van der Waals surface area contributed by atoms with Gasteiger partial charge in [0, 0.05) is 0 Å². The Labute approximate surface area is 84.1 Å². The van der Waals surface area contributed by atoms with Crippen molar-refractivity contribution in [1.82, 2.24) is 0 Å². The molecule has 0 fully saturated rings. The predicted octanol–water partition coefficient (Wildman–Crippen LogP) is 3.58. The second kappa shape index (κ2) is 8.55. The summed E-state index contributed by atoms with van der Waals surface area (Å²) in [6, 6.07) is 0. The van der Waals surface area contributed by atoms with E-state index in [1.165, 1.54) is 38.5 Å². The van der Waals surface area contributed by atoms with Crippen LogP contribution >= 0.6 is 0 Å². The molecule has 2 atom stereocenters. The first kappa shape index (κ1) is 13.0. The van der Waals surface area contributed by atoms with Gasteiger partial charge >= 0.3 is 0 Å². The topological polar surface area (TPSA) is 26.0 Å². The highest BCUT2D eigenvalue weighted by Crippen LogP contribution is 2.20. The lowest BCUT2D eigenvalue weighted by Gasteiger charge is -2.17. The quantitative estimate of drug-likeness (QED) is 0.575. The van der Waals surface area contributed by atoms with E-state index in [1.54, 1.807) is 0 Å². The van der Waals surface area contributed by atoms with Gasteiger partial charge in [0.15, 0.2) is 0 Å². The molecule has 0 rings (SSSR count). The molecular weight excluding hydrogens is 158 g/mol. The van der Waals surface area contributed by atoms with Gasteiger partial charge in [-0.25, -0.2) is 0 Å². The van der Waals surface area contributed by atoms with E-state index in [0.717, 1.165) is 18.4 Å². The minimum atomic E-state index is 0.862. The van der Waals surface area contributed by atoms with Crippen LogP contribution < -0.4 is 5.73 Å². The highest BCUT2D eigenvalue weighted by molar-refractivity contribution is 4.60. The normalized spacial score (nSPS) is 15.7. The Morgan fingerprint density at radius 3 is 2.08 bits per heavy atom. The summed E-state index contributed by atoms with van der Waals surface area (Å²) in [6.07, 6.45) is 8.02. The molecular formula is C12H27N. The summed E-state index contributed by atoms with van der Waals surface area (Å²) in [5.74, 6) is 1.80. The third-order valence-electron chi connectivity index (χ3n) is 3.23. The fourth-order valence-corrected chi connectivity index (χ4v) is 1.65. The van der Waals surface area contributed by atoms with E-state index in [1.807, 2.05) is 0 Å². The zero-order valence-corrected chi connectivity index (χ0v) is 9.68. The minimum absolute atomic E-state index is 0.862. The number of hydrogen-bond donors (Lipinski definition) is 1. The first-order chi connectivity index (χ1) is 6.22. The predicted molar refractivity (Wildman–Crippen MR) is 60.8 cm³/mol. The van der Waals surface area contributed by atoms with Crippen molar-refractivity contribution in [2.45, 2.75) is 59.3 Å². The van der Waals surface area contributed by atoms with Crippen molar-refractivity contribution < 1.29 is 0 Å². The molecule has 0 saturated heterocycles. The van der Waals surface area contributed by atoms with Gasteiger partial charge in [0.2, 0.25) is 0 Å². The second-order valence-corrected chi connectivity index (χ2v) is 4.35. The Bertz CT molecular complexity index is 101. The van der Waals surface area contributed by atoms with E-state index >= 15 is 0 Å². The van der Waals surface area contributed by atoms with Gasteiger partial charge in [-0.15, -0.1) is 0 Å². The molecule has 0 radical (unpaired) electrons. The number of unbranched alkanes of at least 4 members (excludes halogenated alkanes) is 3. The zero-order chi connectivity index (χ0) is 10.1. The molecule has 0 bridgehead atoms. The van der Waals surface area contributed by atoms with E-state index in [9.17, 15) is 0 Å². The van der Waals surface area contributed by atoms with Crippen LogP contribution in [0.15, 0.2) is 0 Å². The fourth-order valence-electron chi connectivity index (χ4n) is 1.65. The molecule has 1 nitrogen and oxygen atoms in total. The molecule has 0 heterocycles. The SMILES string of the molecule is CC[C@H](C)C(C)CCCCCCN. The van der Waals surface area contributed by atoms with Gasteiger partial charge in [-0.05, 0) is 24.8 Å². The maximum atomic E-state index is 5.44. The van der Waals surface area contributed by atoms with E-state index < -0.39 is 0 Å². The zero-order valence-electron chi connectivity index (χ0n) is 9.68. The lowest BCUT2D eigenvalue weighted by atomic mass is 9.89. The summed E-state index contributed by atoms with van der Waals surface area (Å²) in [5.41, 5.74) is 5.44. The molecule has 1 unspecified atom stereocenters. The lowest BCUT2D eigenvalue weighted by molar-refractivity contribution is 0.342. The van der Waals surface area contributed by atoms with Crippen molar-refractivity contribution in [2.75, 3.05) is 6.54 Å². The van der Waals surface area contributed by atoms with Crippen LogP contribution in [0.5, 0.6) is 0 Å². The van der Waals surface area contributed by atoms with Crippen molar-refractivity contribution >= 4 is 0 Å². The molecule has 1 heteroatoms. The van der Waals surface area contributed by atoms with Gasteiger partial charge < -0.3 is 5.73 Å². The number of nitrogens with two attached hydrogens (primary N) is 1. The van der Waals surface area contributed by atoms with Crippen molar-refractivity contribution in [2.24, 2.45) is 17.6 Å². The van der Waals surface area contributed by atoms with Crippen LogP contribution in [-0.4, -0.2) is 6.54 Å². The van der Waals surface area contributed by atoms with Gasteiger partial charge in [-0.3, -0.25) is 0 Å². The Balaban J connectivity index is 3.21. The Hall–Kier alpha value is -0.0400. The molecule has 0 aromatic rings. The standard InChI is InChI=1S/C12H27N/c1-4-11(2)12(3)9-7-5-6-8-10-13/h11-12H,4-10,13H2,1-3H3/t11-,12?/m0/s1. The average Bonchev–Trinajstić information content (AvgIpc) is 2.16. The van der Waals surface area contributed by atoms with Gasteiger partial charge in [-0.1, -0.05) is 52.9 Å². The van der Waals surface area contributed by atoms with Crippen LogP contribution in [0.1, 0.15) is 59.3 Å². The van der Waals surface area contributed by atoms with Crippen LogP contribution in [0.3, 0.4) is 0 Å². The largest absolute Gasteiger partial charge is 0.330 e. The highest BCUT2D eigenvalue weighted by atomic mass is 14.5. The molecule has 0 aliphatic carbocycles. The lowest BCUT2D eigenvalue weighted by Crippen LogP contribution is -2.06. The van der Waals surface area contributed by atoms with Crippen LogP contribution in [-0.2, 0) is 0 Å². The van der Waals surface area contributed by atoms with Crippen LogP contribution in [0, 0.1) is 11.8 Å². The molecule has 0 amide bonds. The maximum Gasteiger partial charge on any atom is -0.00773 e. The summed E-state index contributed by atoms with van der Waals surface area (Å²) < 4.78 is 0. The molecule has 0 aromatic carbocycles. The van der Waals surface area contributed by atoms with Gasteiger partial charge in [0.25, 0.3) is 0 Å².